The summed E-state index contributed by atoms with van der Waals surface area (Å²) in [4.78, 5) is 11.7. The Balaban J connectivity index is 2.04. The van der Waals surface area contributed by atoms with Crippen molar-refractivity contribution in [3.63, 3.8) is 0 Å². The van der Waals surface area contributed by atoms with Gasteiger partial charge in [0, 0.05) is 5.38 Å². The Bertz CT molecular complexity index is 739. The first kappa shape index (κ1) is 14.6. The van der Waals surface area contributed by atoms with Crippen LogP contribution < -0.4 is 5.14 Å². The van der Waals surface area contributed by atoms with Crippen molar-refractivity contribution in [2.75, 3.05) is 0 Å². The minimum atomic E-state index is -3.83. The highest BCUT2D eigenvalue weighted by molar-refractivity contribution is 7.91. The monoisotopic (exact) mass is 315 g/mol. The molecule has 0 fully saturated rings. The van der Waals surface area contributed by atoms with Crippen LogP contribution in [0.3, 0.4) is 0 Å². The van der Waals surface area contributed by atoms with Crippen LogP contribution >= 0.6 is 11.3 Å². The summed E-state index contributed by atoms with van der Waals surface area (Å²) >= 11 is 0.835. The second-order valence-corrected chi connectivity index (χ2v) is 6.60. The molecule has 2 rings (SSSR count). The molecule has 0 radical (unpaired) electrons. The van der Waals surface area contributed by atoms with Crippen LogP contribution in [0.25, 0.3) is 0 Å². The first-order valence-electron chi connectivity index (χ1n) is 5.39. The van der Waals surface area contributed by atoms with Crippen LogP contribution in [-0.4, -0.2) is 14.4 Å². The third-order valence-electron chi connectivity index (χ3n) is 2.35. The van der Waals surface area contributed by atoms with Gasteiger partial charge < -0.3 is 4.74 Å². The minimum absolute atomic E-state index is 0.0930. The lowest BCUT2D eigenvalue weighted by Crippen LogP contribution is -2.10. The number of hydrogen-bond acceptors (Lipinski definition) is 5. The lowest BCUT2D eigenvalue weighted by Gasteiger charge is -2.03. The summed E-state index contributed by atoms with van der Waals surface area (Å²) in [7, 11) is -3.83. The van der Waals surface area contributed by atoms with E-state index in [1.54, 1.807) is 6.07 Å². The van der Waals surface area contributed by atoms with E-state index < -0.39 is 21.8 Å². The molecule has 0 aliphatic rings. The number of carbonyl (C=O) groups excluding carboxylic acids is 1. The zero-order valence-electron chi connectivity index (χ0n) is 10.1. The fourth-order valence-corrected chi connectivity index (χ4v) is 3.01. The molecule has 5 nitrogen and oxygen atoms in total. The smallest absolute Gasteiger partial charge is 0.339 e. The molecular weight excluding hydrogens is 305 g/mol. The van der Waals surface area contributed by atoms with Crippen molar-refractivity contribution in [1.29, 1.82) is 0 Å². The number of nitrogens with two attached hydrogens (primary N) is 1. The maximum atomic E-state index is 12.9. The van der Waals surface area contributed by atoms with Gasteiger partial charge in [-0.1, -0.05) is 12.1 Å². The zero-order chi connectivity index (χ0) is 14.8. The van der Waals surface area contributed by atoms with Crippen LogP contribution in [0.1, 0.15) is 15.9 Å². The average Bonchev–Trinajstić information content (AvgIpc) is 2.85. The molecule has 2 N–H and O–H groups in total. The molecule has 106 valence electrons. The van der Waals surface area contributed by atoms with Gasteiger partial charge in [0.15, 0.2) is 0 Å². The van der Waals surface area contributed by atoms with Crippen molar-refractivity contribution < 1.29 is 22.3 Å². The van der Waals surface area contributed by atoms with Crippen molar-refractivity contribution >= 4 is 27.3 Å². The highest BCUT2D eigenvalue weighted by Crippen LogP contribution is 2.19. The molecule has 1 aromatic heterocycles. The molecule has 0 amide bonds. The molecule has 0 aliphatic carbocycles. The summed E-state index contributed by atoms with van der Waals surface area (Å²) in [5, 5.41) is 6.28. The number of benzene rings is 1. The minimum Gasteiger partial charge on any atom is -0.457 e. The van der Waals surface area contributed by atoms with E-state index in [1.807, 2.05) is 0 Å². The number of thiophene rings is 1. The average molecular weight is 315 g/mol. The number of esters is 1. The Labute approximate surface area is 118 Å². The lowest BCUT2D eigenvalue weighted by molar-refractivity contribution is 0.0473. The van der Waals surface area contributed by atoms with Crippen LogP contribution in [0, 0.1) is 5.82 Å². The highest BCUT2D eigenvalue weighted by atomic mass is 32.2. The predicted molar refractivity (Wildman–Crippen MR) is 71.2 cm³/mol. The van der Waals surface area contributed by atoms with Gasteiger partial charge in [0.25, 0.3) is 0 Å². The molecule has 0 spiro atoms. The van der Waals surface area contributed by atoms with Gasteiger partial charge in [-0.25, -0.2) is 22.7 Å². The fourth-order valence-electron chi connectivity index (χ4n) is 1.43. The Morgan fingerprint density at radius 2 is 2.10 bits per heavy atom. The van der Waals surface area contributed by atoms with Gasteiger partial charge in [-0.2, -0.15) is 0 Å². The summed E-state index contributed by atoms with van der Waals surface area (Å²) in [6, 6.07) is 6.79. The molecule has 0 aliphatic heterocycles. The molecule has 20 heavy (non-hydrogen) atoms. The van der Waals surface area contributed by atoms with E-state index in [9.17, 15) is 17.6 Å². The number of hydrogen-bond donors (Lipinski definition) is 1. The van der Waals surface area contributed by atoms with Crippen molar-refractivity contribution in [2.45, 2.75) is 10.8 Å². The number of carbonyl (C=O) groups is 1. The predicted octanol–water partition coefficient (Wildman–Crippen LogP) is 1.89. The van der Waals surface area contributed by atoms with Crippen molar-refractivity contribution in [1.82, 2.24) is 0 Å². The Kier molecular flexibility index (Phi) is 4.17. The first-order valence-corrected chi connectivity index (χ1v) is 7.82. The van der Waals surface area contributed by atoms with Crippen LogP contribution in [0.2, 0.25) is 0 Å². The van der Waals surface area contributed by atoms with Gasteiger partial charge in [-0.15, -0.1) is 11.3 Å². The molecule has 0 bridgehead atoms. The van der Waals surface area contributed by atoms with Gasteiger partial charge in [-0.3, -0.25) is 0 Å². The van der Waals surface area contributed by atoms with Crippen LogP contribution in [0.15, 0.2) is 39.9 Å². The SMILES string of the molecule is NS(=O)(=O)c1cc(C(=O)OCc2cccc(F)c2)cs1. The zero-order valence-corrected chi connectivity index (χ0v) is 11.7. The van der Waals surface area contributed by atoms with E-state index >= 15 is 0 Å². The number of sulfonamides is 1. The molecule has 0 saturated heterocycles. The lowest BCUT2D eigenvalue weighted by atomic mass is 10.2. The Morgan fingerprint density at radius 3 is 2.70 bits per heavy atom. The largest absolute Gasteiger partial charge is 0.457 e. The molecule has 0 unspecified atom stereocenters. The van der Waals surface area contributed by atoms with Crippen molar-refractivity contribution in [3.8, 4) is 0 Å². The summed E-state index contributed by atoms with van der Waals surface area (Å²) in [6.45, 7) is -0.100. The van der Waals surface area contributed by atoms with E-state index in [2.05, 4.69) is 0 Å². The van der Waals surface area contributed by atoms with E-state index in [1.165, 1.54) is 23.6 Å². The van der Waals surface area contributed by atoms with Crippen molar-refractivity contribution in [3.05, 3.63) is 52.7 Å². The van der Waals surface area contributed by atoms with E-state index in [0.29, 0.717) is 5.56 Å². The third-order valence-corrected chi connectivity index (χ3v) is 4.74. The quantitative estimate of drug-likeness (QED) is 0.873. The van der Waals surface area contributed by atoms with Gasteiger partial charge in [-0.05, 0) is 23.8 Å². The molecule has 0 saturated carbocycles. The van der Waals surface area contributed by atoms with Crippen molar-refractivity contribution in [2.24, 2.45) is 5.14 Å². The molecule has 8 heteroatoms. The van der Waals surface area contributed by atoms with E-state index in [0.717, 1.165) is 17.4 Å². The van der Waals surface area contributed by atoms with E-state index in [4.69, 9.17) is 9.88 Å². The maximum Gasteiger partial charge on any atom is 0.339 e. The number of ether oxygens (including phenoxy) is 1. The number of halogens is 1. The van der Waals surface area contributed by atoms with Crippen LogP contribution in [-0.2, 0) is 21.4 Å². The standard InChI is InChI=1S/C12H10FNO4S2/c13-10-3-1-2-8(4-10)6-18-12(15)9-5-11(19-7-9)20(14,16)17/h1-5,7H,6H2,(H2,14,16,17). The first-order chi connectivity index (χ1) is 9.36. The molecule has 1 aromatic carbocycles. The van der Waals surface area contributed by atoms with Gasteiger partial charge >= 0.3 is 5.97 Å². The molecule has 0 atom stereocenters. The van der Waals surface area contributed by atoms with Gasteiger partial charge in [0.1, 0.15) is 16.6 Å². The number of primary sulfonamides is 1. The second-order valence-electron chi connectivity index (χ2n) is 3.91. The van der Waals surface area contributed by atoms with Gasteiger partial charge in [0.2, 0.25) is 10.0 Å². The van der Waals surface area contributed by atoms with Crippen LogP contribution in [0.4, 0.5) is 4.39 Å². The topological polar surface area (TPSA) is 86.5 Å². The van der Waals surface area contributed by atoms with Crippen LogP contribution in [0.5, 0.6) is 0 Å². The Morgan fingerprint density at radius 1 is 1.35 bits per heavy atom. The number of rotatable bonds is 4. The maximum absolute atomic E-state index is 12.9. The summed E-state index contributed by atoms with van der Waals surface area (Å²) in [5.74, 6) is -1.12. The molecule has 1 heterocycles. The highest BCUT2D eigenvalue weighted by Gasteiger charge is 2.16. The van der Waals surface area contributed by atoms with E-state index in [-0.39, 0.29) is 16.4 Å². The Hall–Kier alpha value is -1.77. The summed E-state index contributed by atoms with van der Waals surface area (Å²) < 4.78 is 39.9. The molecular formula is C12H10FNO4S2. The fraction of sp³-hybridized carbons (Fsp3) is 0.0833. The normalized spacial score (nSPS) is 11.3. The van der Waals surface area contributed by atoms with Gasteiger partial charge in [0.05, 0.1) is 5.56 Å². The summed E-state index contributed by atoms with van der Waals surface area (Å²) in [6.07, 6.45) is 0. The second kappa shape index (κ2) is 5.70. The summed E-state index contributed by atoms with van der Waals surface area (Å²) in [5.41, 5.74) is 0.593. The third kappa shape index (κ3) is 3.62. The molecule has 2 aromatic rings.